The van der Waals surface area contributed by atoms with E-state index in [0.29, 0.717) is 6.10 Å². The first-order valence-electron chi connectivity index (χ1n) is 7.41. The van der Waals surface area contributed by atoms with E-state index >= 15 is 0 Å². The third kappa shape index (κ3) is 3.43. The van der Waals surface area contributed by atoms with Gasteiger partial charge >= 0.3 is 0 Å². The second kappa shape index (κ2) is 6.72. The molecule has 0 aromatic heterocycles. The summed E-state index contributed by atoms with van der Waals surface area (Å²) in [5, 5.41) is 3.41. The quantitative estimate of drug-likeness (QED) is 0.719. The fourth-order valence-corrected chi connectivity index (χ4v) is 3.37. The minimum absolute atomic E-state index is 0.542. The van der Waals surface area contributed by atoms with E-state index in [9.17, 15) is 0 Å². The van der Waals surface area contributed by atoms with Gasteiger partial charge in [0.15, 0.2) is 0 Å². The van der Waals surface area contributed by atoms with Gasteiger partial charge in [-0.25, -0.2) is 0 Å². The fourth-order valence-electron chi connectivity index (χ4n) is 3.37. The summed E-state index contributed by atoms with van der Waals surface area (Å²) in [6.45, 7) is 8.92. The van der Waals surface area contributed by atoms with E-state index in [1.165, 1.54) is 38.6 Å². The zero-order valence-electron chi connectivity index (χ0n) is 11.5. The van der Waals surface area contributed by atoms with Gasteiger partial charge < -0.3 is 10.1 Å². The van der Waals surface area contributed by atoms with Crippen molar-refractivity contribution >= 4 is 0 Å². The third-order valence-corrected chi connectivity index (χ3v) is 4.32. The van der Waals surface area contributed by atoms with Crippen molar-refractivity contribution in [1.82, 2.24) is 10.2 Å². The van der Waals surface area contributed by atoms with Gasteiger partial charge in [0.05, 0.1) is 12.7 Å². The highest BCUT2D eigenvalue weighted by atomic mass is 16.5. The normalized spacial score (nSPS) is 31.4. The molecule has 1 aliphatic carbocycles. The molecule has 3 atom stereocenters. The molecule has 0 spiro atoms. The lowest BCUT2D eigenvalue weighted by atomic mass is 10.0. The standard InChI is InChI=1S/C14H28N2O/c1-3-15-9-5-6-12(2)16-10-11-17-14-8-4-7-13(14)16/h12-15H,3-11H2,1-2H3. The minimum atomic E-state index is 0.542. The SMILES string of the molecule is CCNCCCC(C)N1CCOC2CCCC21. The molecule has 1 heterocycles. The highest BCUT2D eigenvalue weighted by molar-refractivity contribution is 4.91. The molecule has 0 bridgehead atoms. The van der Waals surface area contributed by atoms with Crippen molar-refractivity contribution in [2.45, 2.75) is 64.1 Å². The van der Waals surface area contributed by atoms with Crippen LogP contribution >= 0.6 is 0 Å². The van der Waals surface area contributed by atoms with Gasteiger partial charge in [-0.1, -0.05) is 6.92 Å². The van der Waals surface area contributed by atoms with Crippen LogP contribution in [0.4, 0.5) is 0 Å². The molecule has 0 aromatic rings. The Kier molecular flexibility index (Phi) is 5.26. The maximum atomic E-state index is 5.87. The molecule has 3 heteroatoms. The van der Waals surface area contributed by atoms with Gasteiger partial charge in [-0.3, -0.25) is 4.90 Å². The number of hydrogen-bond acceptors (Lipinski definition) is 3. The van der Waals surface area contributed by atoms with Gasteiger partial charge in [0, 0.05) is 18.6 Å². The summed E-state index contributed by atoms with van der Waals surface area (Å²) in [4.78, 5) is 2.72. The molecule has 3 nitrogen and oxygen atoms in total. The average Bonchev–Trinajstić information content (AvgIpc) is 2.82. The van der Waals surface area contributed by atoms with Crippen molar-refractivity contribution in [3.05, 3.63) is 0 Å². The number of nitrogens with zero attached hydrogens (tertiary/aromatic N) is 1. The number of ether oxygens (including phenoxy) is 1. The van der Waals surface area contributed by atoms with Gasteiger partial charge in [-0.15, -0.1) is 0 Å². The van der Waals surface area contributed by atoms with Crippen molar-refractivity contribution in [2.75, 3.05) is 26.2 Å². The predicted octanol–water partition coefficient (Wildman–Crippen LogP) is 2.02. The van der Waals surface area contributed by atoms with E-state index < -0.39 is 0 Å². The Morgan fingerprint density at radius 1 is 1.41 bits per heavy atom. The Bertz CT molecular complexity index is 222. The van der Waals surface area contributed by atoms with Crippen LogP contribution in [0.2, 0.25) is 0 Å². The predicted molar refractivity (Wildman–Crippen MR) is 71.3 cm³/mol. The summed E-state index contributed by atoms with van der Waals surface area (Å²) in [6, 6.07) is 1.45. The van der Waals surface area contributed by atoms with Crippen LogP contribution in [0, 0.1) is 0 Å². The molecule has 1 N–H and O–H groups in total. The molecule has 0 aromatic carbocycles. The molecular weight excluding hydrogens is 212 g/mol. The summed E-state index contributed by atoms with van der Waals surface area (Å²) >= 11 is 0. The molecule has 1 saturated carbocycles. The smallest absolute Gasteiger partial charge is 0.0731 e. The third-order valence-electron chi connectivity index (χ3n) is 4.32. The molecule has 1 saturated heterocycles. The monoisotopic (exact) mass is 240 g/mol. The number of morpholine rings is 1. The van der Waals surface area contributed by atoms with Crippen molar-refractivity contribution in [3.63, 3.8) is 0 Å². The number of hydrogen-bond donors (Lipinski definition) is 1. The van der Waals surface area contributed by atoms with Crippen LogP contribution < -0.4 is 5.32 Å². The van der Waals surface area contributed by atoms with Gasteiger partial charge in [0.25, 0.3) is 0 Å². The molecule has 2 fully saturated rings. The van der Waals surface area contributed by atoms with Crippen LogP contribution in [0.3, 0.4) is 0 Å². The van der Waals surface area contributed by atoms with E-state index in [1.54, 1.807) is 0 Å². The zero-order chi connectivity index (χ0) is 12.1. The van der Waals surface area contributed by atoms with Crippen molar-refractivity contribution < 1.29 is 4.74 Å². The van der Waals surface area contributed by atoms with Crippen LogP contribution in [0.1, 0.15) is 46.0 Å². The van der Waals surface area contributed by atoms with E-state index in [4.69, 9.17) is 4.74 Å². The van der Waals surface area contributed by atoms with E-state index in [-0.39, 0.29) is 0 Å². The summed E-state index contributed by atoms with van der Waals surface area (Å²) in [5.74, 6) is 0. The van der Waals surface area contributed by atoms with Crippen LogP contribution in [0.25, 0.3) is 0 Å². The lowest BCUT2D eigenvalue weighted by molar-refractivity contribution is -0.0702. The van der Waals surface area contributed by atoms with Crippen molar-refractivity contribution in [1.29, 1.82) is 0 Å². The minimum Gasteiger partial charge on any atom is -0.375 e. The fraction of sp³-hybridized carbons (Fsp3) is 1.00. The van der Waals surface area contributed by atoms with Crippen LogP contribution in [-0.2, 0) is 4.74 Å². The molecule has 0 amide bonds. The van der Waals surface area contributed by atoms with Gasteiger partial charge in [0.1, 0.15) is 0 Å². The Hall–Kier alpha value is -0.120. The molecule has 2 rings (SSSR count). The number of nitrogens with one attached hydrogen (secondary N) is 1. The first-order chi connectivity index (χ1) is 8.33. The highest BCUT2D eigenvalue weighted by Gasteiger charge is 2.37. The zero-order valence-corrected chi connectivity index (χ0v) is 11.5. The van der Waals surface area contributed by atoms with Crippen molar-refractivity contribution in [2.24, 2.45) is 0 Å². The van der Waals surface area contributed by atoms with Gasteiger partial charge in [-0.2, -0.15) is 0 Å². The number of fused-ring (bicyclic) bond motifs is 1. The van der Waals surface area contributed by atoms with Gasteiger partial charge in [-0.05, 0) is 52.1 Å². The summed E-state index contributed by atoms with van der Waals surface area (Å²) in [6.07, 6.45) is 7.14. The molecule has 2 aliphatic rings. The molecule has 100 valence electrons. The lowest BCUT2D eigenvalue weighted by Gasteiger charge is -2.41. The second-order valence-corrected chi connectivity index (χ2v) is 5.49. The summed E-state index contributed by atoms with van der Waals surface area (Å²) in [5.41, 5.74) is 0. The maximum absolute atomic E-state index is 5.87. The van der Waals surface area contributed by atoms with E-state index in [0.717, 1.165) is 31.8 Å². The Labute approximate surface area is 106 Å². The molecular formula is C14H28N2O. The molecule has 1 aliphatic heterocycles. The first-order valence-corrected chi connectivity index (χ1v) is 7.41. The van der Waals surface area contributed by atoms with Crippen LogP contribution in [0.15, 0.2) is 0 Å². The number of rotatable bonds is 6. The van der Waals surface area contributed by atoms with E-state index in [1.807, 2.05) is 0 Å². The highest BCUT2D eigenvalue weighted by Crippen LogP contribution is 2.31. The summed E-state index contributed by atoms with van der Waals surface area (Å²) in [7, 11) is 0. The lowest BCUT2D eigenvalue weighted by Crippen LogP contribution is -2.52. The summed E-state index contributed by atoms with van der Waals surface area (Å²) < 4.78 is 5.87. The Balaban J connectivity index is 1.75. The Morgan fingerprint density at radius 2 is 2.29 bits per heavy atom. The van der Waals surface area contributed by atoms with Crippen LogP contribution in [-0.4, -0.2) is 49.3 Å². The average molecular weight is 240 g/mol. The largest absolute Gasteiger partial charge is 0.375 e. The molecule has 3 unspecified atom stereocenters. The Morgan fingerprint density at radius 3 is 3.12 bits per heavy atom. The molecule has 0 radical (unpaired) electrons. The van der Waals surface area contributed by atoms with E-state index in [2.05, 4.69) is 24.1 Å². The van der Waals surface area contributed by atoms with Crippen LogP contribution in [0.5, 0.6) is 0 Å². The topological polar surface area (TPSA) is 24.5 Å². The maximum Gasteiger partial charge on any atom is 0.0731 e. The first kappa shape index (κ1) is 13.3. The van der Waals surface area contributed by atoms with Gasteiger partial charge in [0.2, 0.25) is 0 Å². The molecule has 17 heavy (non-hydrogen) atoms. The van der Waals surface area contributed by atoms with Crippen molar-refractivity contribution in [3.8, 4) is 0 Å². The second-order valence-electron chi connectivity index (χ2n) is 5.49.